The molecule has 4 N–H and O–H groups in total. The molecule has 1 aliphatic heterocycles. The molecular formula is C19H17N5O2. The molecule has 26 heavy (non-hydrogen) atoms. The summed E-state index contributed by atoms with van der Waals surface area (Å²) in [4.78, 5) is 15.8. The van der Waals surface area contributed by atoms with Crippen LogP contribution in [0.5, 0.6) is 5.88 Å². The van der Waals surface area contributed by atoms with Gasteiger partial charge in [-0.2, -0.15) is 5.26 Å². The van der Waals surface area contributed by atoms with Crippen molar-refractivity contribution in [2.24, 2.45) is 5.73 Å². The van der Waals surface area contributed by atoms with Gasteiger partial charge in [-0.1, -0.05) is 0 Å². The second-order valence-corrected chi connectivity index (χ2v) is 6.57. The number of nitrogens with one attached hydrogen (secondary N) is 2. The Bertz CT molecular complexity index is 1190. The third kappa shape index (κ3) is 2.19. The summed E-state index contributed by atoms with van der Waals surface area (Å²) in [5, 5.41) is 17.4. The van der Waals surface area contributed by atoms with Gasteiger partial charge in [-0.25, -0.2) is 0 Å². The Kier molecular flexibility index (Phi) is 3.37. The molecule has 0 saturated carbocycles. The number of aromatic nitrogens is 3. The predicted molar refractivity (Wildman–Crippen MR) is 96.7 cm³/mol. The van der Waals surface area contributed by atoms with Crippen LogP contribution in [0.15, 0.2) is 34.4 Å². The zero-order chi connectivity index (χ0) is 18.6. The Labute approximate surface area is 149 Å². The number of aryl methyl sites for hydroxylation is 3. The Morgan fingerprint density at radius 3 is 2.69 bits per heavy atom. The molecule has 130 valence electrons. The molecule has 3 heterocycles. The van der Waals surface area contributed by atoms with E-state index in [1.54, 1.807) is 0 Å². The van der Waals surface area contributed by atoms with Gasteiger partial charge in [0.2, 0.25) is 11.8 Å². The molecule has 0 radical (unpaired) electrons. The second-order valence-electron chi connectivity index (χ2n) is 6.57. The molecule has 1 aromatic carbocycles. The van der Waals surface area contributed by atoms with Crippen molar-refractivity contribution in [2.45, 2.75) is 26.7 Å². The van der Waals surface area contributed by atoms with Crippen LogP contribution in [0.25, 0.3) is 10.9 Å². The number of ether oxygens (including phenoxy) is 1. The minimum Gasteiger partial charge on any atom is -0.420 e. The lowest BCUT2D eigenvalue weighted by Crippen LogP contribution is -2.25. The number of hydrogen-bond donors (Lipinski definition) is 3. The summed E-state index contributed by atoms with van der Waals surface area (Å²) >= 11 is 0. The number of H-pyrrole nitrogens is 2. The Morgan fingerprint density at radius 1 is 1.23 bits per heavy atom. The summed E-state index contributed by atoms with van der Waals surface area (Å²) in [5.74, 6) is -0.364. The van der Waals surface area contributed by atoms with Gasteiger partial charge in [-0.05, 0) is 55.5 Å². The lowest BCUT2D eigenvalue weighted by atomic mass is 9.84. The van der Waals surface area contributed by atoms with E-state index in [9.17, 15) is 10.1 Å². The molecule has 1 unspecified atom stereocenters. The van der Waals surface area contributed by atoms with Crippen LogP contribution in [-0.2, 0) is 0 Å². The van der Waals surface area contributed by atoms with Crippen LogP contribution in [0.1, 0.15) is 33.9 Å². The van der Waals surface area contributed by atoms with Gasteiger partial charge < -0.3 is 15.5 Å². The molecule has 0 bridgehead atoms. The number of benzene rings is 1. The van der Waals surface area contributed by atoms with Gasteiger partial charge in [-0.3, -0.25) is 9.89 Å². The van der Waals surface area contributed by atoms with Crippen molar-refractivity contribution in [3.05, 3.63) is 68.0 Å². The van der Waals surface area contributed by atoms with E-state index in [1.807, 2.05) is 39.0 Å². The Balaban J connectivity index is 2.04. The molecule has 0 saturated heterocycles. The maximum atomic E-state index is 12.8. The van der Waals surface area contributed by atoms with Crippen LogP contribution in [-0.4, -0.2) is 15.2 Å². The summed E-state index contributed by atoms with van der Waals surface area (Å²) in [6.07, 6.45) is 0. The summed E-state index contributed by atoms with van der Waals surface area (Å²) in [7, 11) is 0. The minimum atomic E-state index is -0.628. The Morgan fingerprint density at radius 2 is 1.96 bits per heavy atom. The topological polar surface area (TPSA) is 121 Å². The van der Waals surface area contributed by atoms with Crippen LogP contribution in [0.4, 0.5) is 0 Å². The van der Waals surface area contributed by atoms with Crippen molar-refractivity contribution in [3.63, 3.8) is 0 Å². The van der Waals surface area contributed by atoms with Crippen LogP contribution < -0.4 is 16.0 Å². The Hall–Kier alpha value is -3.53. The molecular weight excluding hydrogens is 330 g/mol. The van der Waals surface area contributed by atoms with Crippen LogP contribution >= 0.6 is 0 Å². The number of pyridine rings is 1. The van der Waals surface area contributed by atoms with Crippen LogP contribution in [0.2, 0.25) is 0 Å². The molecule has 4 rings (SSSR count). The fraction of sp³-hybridized carbons (Fsp3) is 0.211. The van der Waals surface area contributed by atoms with E-state index < -0.39 is 5.92 Å². The largest absolute Gasteiger partial charge is 0.420 e. The van der Waals surface area contributed by atoms with Gasteiger partial charge in [0.05, 0.1) is 5.92 Å². The number of nitriles is 1. The van der Waals surface area contributed by atoms with Crippen molar-refractivity contribution in [1.82, 2.24) is 15.2 Å². The molecule has 7 heteroatoms. The fourth-order valence-electron chi connectivity index (χ4n) is 3.42. The van der Waals surface area contributed by atoms with Crippen LogP contribution in [0, 0.1) is 32.1 Å². The summed E-state index contributed by atoms with van der Waals surface area (Å²) in [6, 6.07) is 7.88. The molecule has 3 aromatic rings. The highest BCUT2D eigenvalue weighted by atomic mass is 16.5. The molecule has 0 fully saturated rings. The first-order chi connectivity index (χ1) is 12.4. The third-order valence-electron chi connectivity index (χ3n) is 4.93. The van der Waals surface area contributed by atoms with E-state index in [0.717, 1.165) is 27.7 Å². The van der Waals surface area contributed by atoms with E-state index in [4.69, 9.17) is 10.5 Å². The first-order valence-corrected chi connectivity index (χ1v) is 8.17. The van der Waals surface area contributed by atoms with E-state index >= 15 is 0 Å². The highest BCUT2D eigenvalue weighted by Crippen LogP contribution is 2.41. The standard InChI is InChI=1S/C19H17N5O2/c1-8-4-11-6-12(18(25)22-14(11)5-9(8)2)16-13(7-20)17(21)26-19-15(16)10(3)23-24-19/h4-6,16H,21H2,1-3H3,(H,22,25)(H,23,24). The second kappa shape index (κ2) is 5.49. The van der Waals surface area contributed by atoms with Crippen molar-refractivity contribution in [1.29, 1.82) is 5.26 Å². The van der Waals surface area contributed by atoms with E-state index in [2.05, 4.69) is 21.3 Å². The molecule has 7 nitrogen and oxygen atoms in total. The monoisotopic (exact) mass is 347 g/mol. The summed E-state index contributed by atoms with van der Waals surface area (Å²) in [6.45, 7) is 5.84. The maximum absolute atomic E-state index is 12.8. The average Bonchev–Trinajstić information content (AvgIpc) is 2.95. The quantitative estimate of drug-likeness (QED) is 0.624. The maximum Gasteiger partial charge on any atom is 0.252 e. The van der Waals surface area contributed by atoms with Crippen molar-refractivity contribution < 1.29 is 4.74 Å². The molecule has 0 aliphatic carbocycles. The molecule has 1 aliphatic rings. The van der Waals surface area contributed by atoms with E-state index in [-0.39, 0.29) is 17.0 Å². The number of rotatable bonds is 1. The first kappa shape index (κ1) is 16.0. The smallest absolute Gasteiger partial charge is 0.252 e. The highest BCUT2D eigenvalue weighted by molar-refractivity contribution is 5.81. The highest BCUT2D eigenvalue weighted by Gasteiger charge is 2.35. The van der Waals surface area contributed by atoms with Crippen molar-refractivity contribution >= 4 is 10.9 Å². The van der Waals surface area contributed by atoms with Crippen LogP contribution in [0.3, 0.4) is 0 Å². The van der Waals surface area contributed by atoms with Gasteiger partial charge in [0.25, 0.3) is 5.56 Å². The molecule has 0 amide bonds. The van der Waals surface area contributed by atoms with Gasteiger partial charge in [-0.15, -0.1) is 5.10 Å². The number of aromatic amines is 2. The minimum absolute atomic E-state index is 0.0314. The zero-order valence-electron chi connectivity index (χ0n) is 14.6. The lowest BCUT2D eigenvalue weighted by Gasteiger charge is -2.23. The average molecular weight is 347 g/mol. The number of hydrogen-bond acceptors (Lipinski definition) is 5. The number of allylic oxidation sites excluding steroid dienone is 1. The van der Waals surface area contributed by atoms with Gasteiger partial charge >= 0.3 is 0 Å². The first-order valence-electron chi connectivity index (χ1n) is 8.17. The van der Waals surface area contributed by atoms with E-state index in [0.29, 0.717) is 17.0 Å². The summed E-state index contributed by atoms with van der Waals surface area (Å²) < 4.78 is 5.45. The number of fused-ring (bicyclic) bond motifs is 2. The zero-order valence-corrected chi connectivity index (χ0v) is 14.6. The number of nitrogens with two attached hydrogens (primary N) is 1. The summed E-state index contributed by atoms with van der Waals surface area (Å²) in [5.41, 5.74) is 10.7. The number of nitrogens with zero attached hydrogens (tertiary/aromatic N) is 2. The SMILES string of the molecule is Cc1cc2cc(C3C(C#N)=C(N)Oc4n[nH]c(C)c43)c(=O)[nH]c2cc1C. The van der Waals surface area contributed by atoms with Crippen molar-refractivity contribution in [3.8, 4) is 11.9 Å². The predicted octanol–water partition coefficient (Wildman–Crippen LogP) is 2.39. The van der Waals surface area contributed by atoms with Crippen molar-refractivity contribution in [2.75, 3.05) is 0 Å². The van der Waals surface area contributed by atoms with Gasteiger partial charge in [0.1, 0.15) is 11.6 Å². The molecule has 2 aromatic heterocycles. The van der Waals surface area contributed by atoms with E-state index in [1.165, 1.54) is 0 Å². The normalized spacial score (nSPS) is 16.3. The van der Waals surface area contributed by atoms with Gasteiger partial charge in [0, 0.05) is 22.3 Å². The fourth-order valence-corrected chi connectivity index (χ4v) is 3.42. The molecule has 0 spiro atoms. The third-order valence-corrected chi connectivity index (χ3v) is 4.93. The van der Waals surface area contributed by atoms with Gasteiger partial charge in [0.15, 0.2) is 0 Å². The molecule has 1 atom stereocenters. The lowest BCUT2D eigenvalue weighted by molar-refractivity contribution is 0.378.